The molecule has 0 bridgehead atoms. The normalized spacial score (nSPS) is 10.0. The third-order valence-electron chi connectivity index (χ3n) is 1.71. The van der Waals surface area contributed by atoms with Gasteiger partial charge in [-0.25, -0.2) is 4.98 Å². The van der Waals surface area contributed by atoms with Gasteiger partial charge in [0.1, 0.15) is 5.82 Å². The van der Waals surface area contributed by atoms with Crippen molar-refractivity contribution in [1.29, 1.82) is 0 Å². The number of nitrogens with one attached hydrogen (secondary N) is 1. The van der Waals surface area contributed by atoms with Crippen molar-refractivity contribution in [3.8, 4) is 0 Å². The number of hydrogen-bond acceptors (Lipinski definition) is 3. The van der Waals surface area contributed by atoms with E-state index in [0.29, 0.717) is 10.7 Å². The molecule has 0 aliphatic rings. The van der Waals surface area contributed by atoms with E-state index in [1.165, 1.54) is 0 Å². The molecule has 1 heterocycles. The Morgan fingerprint density at radius 3 is 3.00 bits per heavy atom. The minimum Gasteiger partial charge on any atom is -0.396 e. The maximum Gasteiger partial charge on any atom is 0.149 e. The van der Waals surface area contributed by atoms with Gasteiger partial charge in [-0.3, -0.25) is 0 Å². The summed E-state index contributed by atoms with van der Waals surface area (Å²) in [6.45, 7) is 3.04. The average molecular weight is 200 g/mol. The molecule has 0 fully saturated rings. The predicted octanol–water partition coefficient (Wildman–Crippen LogP) is 2.53. The summed E-state index contributed by atoms with van der Waals surface area (Å²) in [6, 6.07) is 1.70. The Kier molecular flexibility index (Phi) is 3.83. The summed E-state index contributed by atoms with van der Waals surface area (Å²) in [5, 5.41) is 3.71. The number of unbranched alkanes of at least 4 members (excludes halogenated alkanes) is 1. The van der Waals surface area contributed by atoms with Crippen LogP contribution in [-0.4, -0.2) is 11.5 Å². The van der Waals surface area contributed by atoms with Crippen molar-refractivity contribution in [3.63, 3.8) is 0 Å². The highest BCUT2D eigenvalue weighted by atomic mass is 35.5. The molecule has 1 rings (SSSR count). The second-order valence-electron chi connectivity index (χ2n) is 2.87. The molecule has 0 aromatic carbocycles. The van der Waals surface area contributed by atoms with Gasteiger partial charge in [-0.05, 0) is 12.5 Å². The van der Waals surface area contributed by atoms with Crippen LogP contribution in [0.4, 0.5) is 11.5 Å². The topological polar surface area (TPSA) is 50.9 Å². The second kappa shape index (κ2) is 4.92. The number of hydrogen-bond donors (Lipinski definition) is 2. The molecule has 0 atom stereocenters. The van der Waals surface area contributed by atoms with Crippen molar-refractivity contribution in [2.75, 3.05) is 17.6 Å². The van der Waals surface area contributed by atoms with E-state index in [9.17, 15) is 0 Å². The Morgan fingerprint density at radius 1 is 1.62 bits per heavy atom. The maximum absolute atomic E-state index is 5.71. The molecule has 72 valence electrons. The summed E-state index contributed by atoms with van der Waals surface area (Å²) >= 11 is 5.71. The number of anilines is 2. The molecular weight excluding hydrogens is 186 g/mol. The molecule has 0 spiro atoms. The Labute approximate surface area is 83.3 Å². The minimum atomic E-state index is 0.568. The highest BCUT2D eigenvalue weighted by Gasteiger charge is 1.99. The van der Waals surface area contributed by atoms with Gasteiger partial charge in [0.15, 0.2) is 0 Å². The molecule has 0 radical (unpaired) electrons. The van der Waals surface area contributed by atoms with E-state index in [2.05, 4.69) is 17.2 Å². The molecule has 0 aliphatic heterocycles. The van der Waals surface area contributed by atoms with E-state index in [0.717, 1.165) is 25.2 Å². The number of nitrogen functional groups attached to an aromatic ring is 1. The number of halogens is 1. The van der Waals surface area contributed by atoms with Crippen molar-refractivity contribution in [2.45, 2.75) is 19.8 Å². The highest BCUT2D eigenvalue weighted by Crippen LogP contribution is 2.18. The molecule has 0 amide bonds. The van der Waals surface area contributed by atoms with Gasteiger partial charge in [0, 0.05) is 12.7 Å². The Balaban J connectivity index is 2.56. The quantitative estimate of drug-likeness (QED) is 0.733. The summed E-state index contributed by atoms with van der Waals surface area (Å²) < 4.78 is 0. The molecule has 13 heavy (non-hydrogen) atoms. The summed E-state index contributed by atoms with van der Waals surface area (Å²) in [6.07, 6.45) is 3.86. The Hall–Kier alpha value is -0.960. The number of rotatable bonds is 4. The van der Waals surface area contributed by atoms with Crippen molar-refractivity contribution in [2.24, 2.45) is 0 Å². The van der Waals surface area contributed by atoms with Crippen LogP contribution in [0.3, 0.4) is 0 Å². The summed E-state index contributed by atoms with van der Waals surface area (Å²) in [7, 11) is 0. The summed E-state index contributed by atoms with van der Waals surface area (Å²) in [5.74, 6) is 0.720. The maximum atomic E-state index is 5.71. The van der Waals surface area contributed by atoms with Crippen molar-refractivity contribution in [1.82, 2.24) is 4.98 Å². The number of pyridine rings is 1. The van der Waals surface area contributed by atoms with Gasteiger partial charge in [-0.1, -0.05) is 24.9 Å². The van der Waals surface area contributed by atoms with Crippen molar-refractivity contribution < 1.29 is 0 Å². The number of aromatic nitrogens is 1. The van der Waals surface area contributed by atoms with Gasteiger partial charge in [-0.2, -0.15) is 0 Å². The zero-order valence-corrected chi connectivity index (χ0v) is 8.43. The first-order valence-electron chi connectivity index (χ1n) is 4.39. The SMILES string of the molecule is CCCCNc1ncc(Cl)cc1N. The molecule has 0 saturated heterocycles. The second-order valence-corrected chi connectivity index (χ2v) is 3.31. The van der Waals surface area contributed by atoms with Gasteiger partial charge < -0.3 is 11.1 Å². The van der Waals surface area contributed by atoms with E-state index in [1.54, 1.807) is 12.3 Å². The van der Waals surface area contributed by atoms with Gasteiger partial charge in [-0.15, -0.1) is 0 Å². The number of nitrogens with two attached hydrogens (primary N) is 1. The van der Waals surface area contributed by atoms with Crippen LogP contribution >= 0.6 is 11.6 Å². The van der Waals surface area contributed by atoms with Crippen LogP contribution in [0.15, 0.2) is 12.3 Å². The monoisotopic (exact) mass is 199 g/mol. The predicted molar refractivity (Wildman–Crippen MR) is 57.1 cm³/mol. The number of nitrogens with zero attached hydrogens (tertiary/aromatic N) is 1. The molecule has 3 nitrogen and oxygen atoms in total. The van der Waals surface area contributed by atoms with E-state index in [-0.39, 0.29) is 0 Å². The van der Waals surface area contributed by atoms with Crippen LogP contribution < -0.4 is 11.1 Å². The molecular formula is C9H14ClN3. The molecule has 0 saturated carbocycles. The van der Waals surface area contributed by atoms with E-state index in [1.807, 2.05) is 0 Å². The van der Waals surface area contributed by atoms with E-state index in [4.69, 9.17) is 17.3 Å². The molecule has 1 aromatic rings. The van der Waals surface area contributed by atoms with Crippen LogP contribution in [0.5, 0.6) is 0 Å². The zero-order chi connectivity index (χ0) is 9.68. The van der Waals surface area contributed by atoms with Gasteiger partial charge in [0.2, 0.25) is 0 Å². The van der Waals surface area contributed by atoms with E-state index < -0.39 is 0 Å². The Bertz CT molecular complexity index is 276. The zero-order valence-electron chi connectivity index (χ0n) is 7.68. The lowest BCUT2D eigenvalue weighted by Crippen LogP contribution is -2.05. The smallest absolute Gasteiger partial charge is 0.149 e. The fourth-order valence-electron chi connectivity index (χ4n) is 0.986. The lowest BCUT2D eigenvalue weighted by Gasteiger charge is -2.06. The fourth-order valence-corrected chi connectivity index (χ4v) is 1.15. The standard InChI is InChI=1S/C9H14ClN3/c1-2-3-4-12-9-8(11)5-7(10)6-13-9/h5-6H,2-4,11H2,1H3,(H,12,13). The molecule has 0 aliphatic carbocycles. The third-order valence-corrected chi connectivity index (χ3v) is 1.91. The van der Waals surface area contributed by atoms with Crippen LogP contribution in [0.1, 0.15) is 19.8 Å². The molecule has 0 unspecified atom stereocenters. The average Bonchev–Trinajstić information content (AvgIpc) is 2.09. The first kappa shape index (κ1) is 10.1. The van der Waals surface area contributed by atoms with Gasteiger partial charge in [0.05, 0.1) is 10.7 Å². The van der Waals surface area contributed by atoms with Crippen LogP contribution in [-0.2, 0) is 0 Å². The first-order chi connectivity index (χ1) is 6.24. The molecule has 4 heteroatoms. The van der Waals surface area contributed by atoms with Crippen molar-refractivity contribution in [3.05, 3.63) is 17.3 Å². The molecule has 1 aromatic heterocycles. The molecule has 3 N–H and O–H groups in total. The van der Waals surface area contributed by atoms with Crippen LogP contribution in [0, 0.1) is 0 Å². The first-order valence-corrected chi connectivity index (χ1v) is 4.76. The van der Waals surface area contributed by atoms with Gasteiger partial charge in [0.25, 0.3) is 0 Å². The van der Waals surface area contributed by atoms with Crippen LogP contribution in [0.2, 0.25) is 5.02 Å². The van der Waals surface area contributed by atoms with E-state index >= 15 is 0 Å². The fraction of sp³-hybridized carbons (Fsp3) is 0.444. The summed E-state index contributed by atoms with van der Waals surface area (Å²) in [4.78, 5) is 4.08. The minimum absolute atomic E-state index is 0.568. The highest BCUT2D eigenvalue weighted by molar-refractivity contribution is 6.30. The van der Waals surface area contributed by atoms with Crippen LogP contribution in [0.25, 0.3) is 0 Å². The van der Waals surface area contributed by atoms with Gasteiger partial charge >= 0.3 is 0 Å². The lowest BCUT2D eigenvalue weighted by atomic mass is 10.3. The summed E-state index contributed by atoms with van der Waals surface area (Å²) in [5.41, 5.74) is 6.29. The largest absolute Gasteiger partial charge is 0.396 e. The third kappa shape index (κ3) is 3.11. The Morgan fingerprint density at radius 2 is 2.38 bits per heavy atom. The lowest BCUT2D eigenvalue weighted by molar-refractivity contribution is 0.831. The van der Waals surface area contributed by atoms with Crippen molar-refractivity contribution >= 4 is 23.1 Å².